The lowest BCUT2D eigenvalue weighted by Gasteiger charge is -2.39. The number of aromatic hydroxyl groups is 1. The Balaban J connectivity index is 2.11. The summed E-state index contributed by atoms with van der Waals surface area (Å²) < 4.78 is 15.6. The van der Waals surface area contributed by atoms with E-state index in [4.69, 9.17) is 14.2 Å². The van der Waals surface area contributed by atoms with Crippen LogP contribution in [0.3, 0.4) is 0 Å². The maximum atomic E-state index is 12.5. The third-order valence-electron chi connectivity index (χ3n) is 4.45. The highest BCUT2D eigenvalue weighted by molar-refractivity contribution is 6.06. The van der Waals surface area contributed by atoms with Gasteiger partial charge in [-0.05, 0) is 12.1 Å². The second-order valence-corrected chi connectivity index (χ2v) is 5.89. The number of aliphatic hydroxyl groups is 1. The average molecular weight is 336 g/mol. The predicted molar refractivity (Wildman–Crippen MR) is 77.5 cm³/mol. The van der Waals surface area contributed by atoms with Crippen molar-refractivity contribution in [2.24, 2.45) is 5.92 Å². The zero-order valence-electron chi connectivity index (χ0n) is 13.0. The summed E-state index contributed by atoms with van der Waals surface area (Å²) in [4.78, 5) is 36.6. The van der Waals surface area contributed by atoms with Crippen LogP contribution in [0.1, 0.15) is 23.7 Å². The van der Waals surface area contributed by atoms with E-state index in [1.165, 1.54) is 25.1 Å². The van der Waals surface area contributed by atoms with Gasteiger partial charge in [-0.25, -0.2) is 9.59 Å². The summed E-state index contributed by atoms with van der Waals surface area (Å²) in [7, 11) is 1.12. The summed E-state index contributed by atoms with van der Waals surface area (Å²) in [6.45, 7) is 1.51. The molecule has 1 fully saturated rings. The van der Waals surface area contributed by atoms with Crippen molar-refractivity contribution >= 4 is 17.7 Å². The number of hydrogen-bond acceptors (Lipinski definition) is 8. The van der Waals surface area contributed by atoms with Crippen molar-refractivity contribution in [3.63, 3.8) is 0 Å². The van der Waals surface area contributed by atoms with E-state index in [1.54, 1.807) is 0 Å². The van der Waals surface area contributed by atoms with Crippen LogP contribution in [-0.4, -0.2) is 52.9 Å². The van der Waals surface area contributed by atoms with Gasteiger partial charge in [0, 0.05) is 5.92 Å². The molecule has 4 atom stereocenters. The number of phenols is 1. The van der Waals surface area contributed by atoms with Crippen molar-refractivity contribution in [3.8, 4) is 11.5 Å². The molecule has 1 aromatic carbocycles. The summed E-state index contributed by atoms with van der Waals surface area (Å²) >= 11 is 0. The van der Waals surface area contributed by atoms with Crippen LogP contribution in [0.15, 0.2) is 18.2 Å². The fourth-order valence-corrected chi connectivity index (χ4v) is 3.21. The van der Waals surface area contributed by atoms with Crippen LogP contribution in [0, 0.1) is 5.92 Å². The topological polar surface area (TPSA) is 119 Å². The molecule has 128 valence electrons. The molecule has 8 heteroatoms. The third kappa shape index (κ3) is 2.14. The minimum absolute atomic E-state index is 0.0127. The molecule has 1 saturated heterocycles. The molecule has 8 nitrogen and oxygen atoms in total. The van der Waals surface area contributed by atoms with Crippen LogP contribution >= 0.6 is 0 Å². The molecule has 0 aromatic heterocycles. The highest BCUT2D eigenvalue weighted by Gasteiger charge is 2.62. The van der Waals surface area contributed by atoms with Gasteiger partial charge in [-0.3, -0.25) is 4.79 Å². The fourth-order valence-electron chi connectivity index (χ4n) is 3.21. The van der Waals surface area contributed by atoms with Crippen LogP contribution in [0.2, 0.25) is 0 Å². The van der Waals surface area contributed by atoms with Crippen molar-refractivity contribution in [2.75, 3.05) is 7.11 Å². The van der Waals surface area contributed by atoms with Crippen molar-refractivity contribution in [1.29, 1.82) is 0 Å². The SMILES string of the molecule is COC(=O)[C@]1([C@H]2OC(=O)[C@@H](O)[C@@H]2C)CC(=O)c2c(O)cccc2O1. The maximum Gasteiger partial charge on any atom is 0.354 e. The predicted octanol–water partition coefficient (Wildman–Crippen LogP) is 0.192. The molecule has 0 bridgehead atoms. The molecule has 3 rings (SSSR count). The molecule has 0 radical (unpaired) electrons. The van der Waals surface area contributed by atoms with Crippen molar-refractivity contribution in [1.82, 2.24) is 0 Å². The quantitative estimate of drug-likeness (QED) is 0.735. The largest absolute Gasteiger partial charge is 0.507 e. The van der Waals surface area contributed by atoms with Gasteiger partial charge in [0.05, 0.1) is 13.5 Å². The Morgan fingerprint density at radius 3 is 2.67 bits per heavy atom. The third-order valence-corrected chi connectivity index (χ3v) is 4.45. The first-order valence-electron chi connectivity index (χ1n) is 7.33. The Morgan fingerprint density at radius 2 is 2.08 bits per heavy atom. The first-order valence-corrected chi connectivity index (χ1v) is 7.33. The first kappa shape index (κ1) is 16.3. The molecule has 24 heavy (non-hydrogen) atoms. The first-order chi connectivity index (χ1) is 11.3. The van der Waals surface area contributed by atoms with E-state index >= 15 is 0 Å². The monoisotopic (exact) mass is 336 g/mol. The molecule has 2 N–H and O–H groups in total. The Morgan fingerprint density at radius 1 is 1.38 bits per heavy atom. The number of hydrogen-bond donors (Lipinski definition) is 2. The highest BCUT2D eigenvalue weighted by Crippen LogP contribution is 2.44. The molecule has 2 heterocycles. The number of fused-ring (bicyclic) bond motifs is 1. The number of ketones is 1. The number of rotatable bonds is 2. The van der Waals surface area contributed by atoms with Gasteiger partial charge >= 0.3 is 11.9 Å². The zero-order valence-corrected chi connectivity index (χ0v) is 13.0. The van der Waals surface area contributed by atoms with Gasteiger partial charge < -0.3 is 24.4 Å². The summed E-state index contributed by atoms with van der Waals surface area (Å²) in [5, 5.41) is 19.7. The van der Waals surface area contributed by atoms with E-state index < -0.39 is 47.9 Å². The smallest absolute Gasteiger partial charge is 0.354 e. The van der Waals surface area contributed by atoms with Crippen LogP contribution in [0.25, 0.3) is 0 Å². The van der Waals surface area contributed by atoms with E-state index in [0.29, 0.717) is 0 Å². The van der Waals surface area contributed by atoms with Crippen LogP contribution in [0.4, 0.5) is 0 Å². The molecule has 0 saturated carbocycles. The number of carbonyl (C=O) groups is 3. The van der Waals surface area contributed by atoms with Crippen molar-refractivity contribution < 1.29 is 38.8 Å². The van der Waals surface area contributed by atoms with Gasteiger partial charge in [-0.1, -0.05) is 13.0 Å². The molecule has 0 amide bonds. The number of carbonyl (C=O) groups excluding carboxylic acids is 3. The van der Waals surface area contributed by atoms with Gasteiger partial charge in [0.15, 0.2) is 18.0 Å². The van der Waals surface area contributed by atoms with Crippen LogP contribution in [-0.2, 0) is 19.1 Å². The normalized spacial score (nSPS) is 31.9. The highest BCUT2D eigenvalue weighted by atomic mass is 16.6. The zero-order chi connectivity index (χ0) is 17.6. The number of phenolic OH excluding ortho intramolecular Hbond substituents is 1. The number of methoxy groups -OCH3 is 1. The minimum atomic E-state index is -1.92. The standard InChI is InChI=1S/C16H16O8/c1-7-12(19)14(20)23-13(7)16(15(21)22-2)6-9(18)11-8(17)4-3-5-10(11)24-16/h3-5,7,12-13,17,19H,6H2,1-2H3/t7-,12-,13-,16+/m0/s1. The second-order valence-electron chi connectivity index (χ2n) is 5.89. The van der Waals surface area contributed by atoms with Gasteiger partial charge in [0.1, 0.15) is 17.1 Å². The van der Waals surface area contributed by atoms with E-state index in [2.05, 4.69) is 0 Å². The Hall–Kier alpha value is -2.61. The minimum Gasteiger partial charge on any atom is -0.507 e. The molecular weight excluding hydrogens is 320 g/mol. The molecule has 1 aromatic rings. The Bertz CT molecular complexity index is 727. The number of esters is 2. The molecule has 2 aliphatic rings. The average Bonchev–Trinajstić information content (AvgIpc) is 2.81. The van der Waals surface area contributed by atoms with Gasteiger partial charge in [0.2, 0.25) is 5.60 Å². The van der Waals surface area contributed by atoms with E-state index in [9.17, 15) is 24.6 Å². The Labute approximate surface area is 136 Å². The number of benzene rings is 1. The van der Waals surface area contributed by atoms with E-state index in [0.717, 1.165) is 7.11 Å². The molecule has 2 aliphatic heterocycles. The van der Waals surface area contributed by atoms with Crippen LogP contribution in [0.5, 0.6) is 11.5 Å². The number of ether oxygens (including phenoxy) is 3. The van der Waals surface area contributed by atoms with E-state index in [-0.39, 0.29) is 17.1 Å². The maximum absolute atomic E-state index is 12.5. The lowest BCUT2D eigenvalue weighted by atomic mass is 9.80. The molecule has 0 spiro atoms. The van der Waals surface area contributed by atoms with Crippen LogP contribution < -0.4 is 4.74 Å². The summed E-state index contributed by atoms with van der Waals surface area (Å²) in [5.74, 6) is -3.42. The van der Waals surface area contributed by atoms with Gasteiger partial charge in [-0.15, -0.1) is 0 Å². The number of cyclic esters (lactones) is 1. The summed E-state index contributed by atoms with van der Waals surface area (Å²) in [5.41, 5.74) is -1.96. The number of aliphatic hydroxyl groups excluding tert-OH is 1. The lowest BCUT2D eigenvalue weighted by molar-refractivity contribution is -0.177. The van der Waals surface area contributed by atoms with Gasteiger partial charge in [-0.2, -0.15) is 0 Å². The van der Waals surface area contributed by atoms with Gasteiger partial charge in [0.25, 0.3) is 0 Å². The second kappa shape index (κ2) is 5.48. The van der Waals surface area contributed by atoms with Crippen molar-refractivity contribution in [3.05, 3.63) is 23.8 Å². The fraction of sp³-hybridized carbons (Fsp3) is 0.438. The molecular formula is C16H16O8. The summed E-state index contributed by atoms with van der Waals surface area (Å²) in [6, 6.07) is 4.20. The molecule has 0 aliphatic carbocycles. The van der Waals surface area contributed by atoms with Crippen molar-refractivity contribution in [2.45, 2.75) is 31.2 Å². The summed E-state index contributed by atoms with van der Waals surface area (Å²) in [6.07, 6.45) is -3.12. The molecule has 0 unspecified atom stereocenters. The van der Waals surface area contributed by atoms with E-state index in [1.807, 2.05) is 0 Å². The Kier molecular flexibility index (Phi) is 3.71. The number of Topliss-reactive ketones (excluding diaryl/α,β-unsaturated/α-hetero) is 1. The lowest BCUT2D eigenvalue weighted by Crippen LogP contribution is -2.59.